The molecule has 0 heterocycles. The van der Waals surface area contributed by atoms with Gasteiger partial charge in [-0.1, -0.05) is 6.92 Å². The summed E-state index contributed by atoms with van der Waals surface area (Å²) in [6.07, 6.45) is 4.27. The summed E-state index contributed by atoms with van der Waals surface area (Å²) in [5, 5.41) is 2.92. The quantitative estimate of drug-likeness (QED) is 0.569. The minimum Gasteiger partial charge on any atom is -0.493 e. The van der Waals surface area contributed by atoms with Gasteiger partial charge in [-0.15, -0.1) is 0 Å². The zero-order valence-corrected chi connectivity index (χ0v) is 15.5. The number of Topliss-reactive ketones (excluding diaryl/α,β-unsaturated/α-hetero) is 1. The second-order valence-electron chi connectivity index (χ2n) is 6.86. The number of hydrogen-bond acceptors (Lipinski definition) is 5. The Morgan fingerprint density at radius 3 is 2.35 bits per heavy atom. The number of nitrogens with one attached hydrogen (secondary N) is 1. The van der Waals surface area contributed by atoms with Gasteiger partial charge >= 0.3 is 5.97 Å². The van der Waals surface area contributed by atoms with E-state index in [1.54, 1.807) is 24.3 Å². The number of benzene rings is 1. The van der Waals surface area contributed by atoms with E-state index in [-0.39, 0.29) is 37.4 Å². The lowest BCUT2D eigenvalue weighted by Gasteiger charge is -2.26. The SMILES string of the molecule is CC(=O)c1ccc(OCCC(=O)OCC(=O)NC2CCC(C)CC2)cc1. The lowest BCUT2D eigenvalue weighted by molar-refractivity contribution is -0.149. The van der Waals surface area contributed by atoms with Crippen molar-refractivity contribution in [2.75, 3.05) is 13.2 Å². The summed E-state index contributed by atoms with van der Waals surface area (Å²) in [4.78, 5) is 34.7. The van der Waals surface area contributed by atoms with Crippen molar-refractivity contribution >= 4 is 17.7 Å². The van der Waals surface area contributed by atoms with Crippen LogP contribution in [0.5, 0.6) is 5.75 Å². The first-order valence-corrected chi connectivity index (χ1v) is 9.13. The molecule has 0 aliphatic heterocycles. The molecular formula is C20H27NO5. The van der Waals surface area contributed by atoms with Crippen LogP contribution < -0.4 is 10.1 Å². The fraction of sp³-hybridized carbons (Fsp3) is 0.550. The van der Waals surface area contributed by atoms with Crippen molar-refractivity contribution in [2.45, 2.75) is 52.0 Å². The zero-order chi connectivity index (χ0) is 18.9. The third-order valence-corrected chi connectivity index (χ3v) is 4.58. The number of carbonyl (C=O) groups is 3. The van der Waals surface area contributed by atoms with Gasteiger partial charge in [0.05, 0.1) is 13.0 Å². The highest BCUT2D eigenvalue weighted by molar-refractivity contribution is 5.94. The van der Waals surface area contributed by atoms with Gasteiger partial charge in [0.15, 0.2) is 12.4 Å². The predicted octanol–water partition coefficient (Wildman–Crippen LogP) is 2.90. The molecule has 0 aromatic heterocycles. The molecule has 0 bridgehead atoms. The van der Waals surface area contributed by atoms with Crippen LogP contribution >= 0.6 is 0 Å². The van der Waals surface area contributed by atoms with E-state index in [1.807, 2.05) is 0 Å². The van der Waals surface area contributed by atoms with Gasteiger partial charge in [-0.25, -0.2) is 0 Å². The molecule has 0 spiro atoms. The van der Waals surface area contributed by atoms with Gasteiger partial charge < -0.3 is 14.8 Å². The fourth-order valence-electron chi connectivity index (χ4n) is 2.93. The van der Waals surface area contributed by atoms with E-state index < -0.39 is 5.97 Å². The van der Waals surface area contributed by atoms with E-state index in [0.29, 0.717) is 11.3 Å². The number of ketones is 1. The molecule has 0 saturated heterocycles. The van der Waals surface area contributed by atoms with Crippen molar-refractivity contribution < 1.29 is 23.9 Å². The largest absolute Gasteiger partial charge is 0.493 e. The van der Waals surface area contributed by atoms with E-state index in [1.165, 1.54) is 6.92 Å². The molecule has 0 atom stereocenters. The molecule has 1 aromatic carbocycles. The van der Waals surface area contributed by atoms with Crippen LogP contribution in [0.25, 0.3) is 0 Å². The number of hydrogen-bond donors (Lipinski definition) is 1. The van der Waals surface area contributed by atoms with Crippen molar-refractivity contribution in [3.8, 4) is 5.75 Å². The van der Waals surface area contributed by atoms with Crippen LogP contribution in [0.4, 0.5) is 0 Å². The van der Waals surface area contributed by atoms with Crippen LogP contribution in [0.2, 0.25) is 0 Å². The van der Waals surface area contributed by atoms with Crippen LogP contribution in [0.3, 0.4) is 0 Å². The van der Waals surface area contributed by atoms with E-state index >= 15 is 0 Å². The highest BCUT2D eigenvalue weighted by atomic mass is 16.5. The fourth-order valence-corrected chi connectivity index (χ4v) is 2.93. The molecule has 1 amide bonds. The number of esters is 1. The maximum Gasteiger partial charge on any atom is 0.309 e. The lowest BCUT2D eigenvalue weighted by Crippen LogP contribution is -2.39. The zero-order valence-electron chi connectivity index (χ0n) is 15.5. The van der Waals surface area contributed by atoms with Crippen LogP contribution in [-0.2, 0) is 14.3 Å². The van der Waals surface area contributed by atoms with E-state index in [4.69, 9.17) is 9.47 Å². The molecule has 1 aliphatic rings. The highest BCUT2D eigenvalue weighted by Crippen LogP contribution is 2.23. The van der Waals surface area contributed by atoms with Crippen molar-refractivity contribution in [2.24, 2.45) is 5.92 Å². The number of amides is 1. The number of rotatable bonds is 8. The van der Waals surface area contributed by atoms with Crippen LogP contribution in [0, 0.1) is 5.92 Å². The molecule has 6 nitrogen and oxygen atoms in total. The van der Waals surface area contributed by atoms with Gasteiger partial charge in [-0.2, -0.15) is 0 Å². The summed E-state index contributed by atoms with van der Waals surface area (Å²) in [5.41, 5.74) is 0.607. The van der Waals surface area contributed by atoms with Gasteiger partial charge in [0, 0.05) is 11.6 Å². The normalized spacial score (nSPS) is 19.5. The van der Waals surface area contributed by atoms with Crippen molar-refractivity contribution in [3.63, 3.8) is 0 Å². The molecule has 1 aliphatic carbocycles. The Morgan fingerprint density at radius 2 is 1.73 bits per heavy atom. The third kappa shape index (κ3) is 6.86. The second-order valence-corrected chi connectivity index (χ2v) is 6.86. The smallest absolute Gasteiger partial charge is 0.309 e. The third-order valence-electron chi connectivity index (χ3n) is 4.58. The summed E-state index contributed by atoms with van der Waals surface area (Å²) in [7, 11) is 0. The molecule has 0 radical (unpaired) electrons. The number of carbonyl (C=O) groups excluding carboxylic acids is 3. The Labute approximate surface area is 154 Å². The molecule has 1 N–H and O–H groups in total. The maximum absolute atomic E-state index is 11.8. The lowest BCUT2D eigenvalue weighted by atomic mass is 9.87. The Morgan fingerprint density at radius 1 is 1.08 bits per heavy atom. The van der Waals surface area contributed by atoms with Crippen molar-refractivity contribution in [1.82, 2.24) is 5.32 Å². The Hall–Kier alpha value is -2.37. The standard InChI is InChI=1S/C20H27NO5/c1-14-3-7-17(8-4-14)21-19(23)13-26-20(24)11-12-25-18-9-5-16(6-10-18)15(2)22/h5-6,9-10,14,17H,3-4,7-8,11-13H2,1-2H3,(H,21,23). The minimum absolute atomic E-state index is 0.0128. The van der Waals surface area contributed by atoms with E-state index in [9.17, 15) is 14.4 Å². The summed E-state index contributed by atoms with van der Waals surface area (Å²) in [6, 6.07) is 6.90. The minimum atomic E-state index is -0.474. The predicted molar refractivity (Wildman–Crippen MR) is 97.1 cm³/mol. The Kier molecular flexibility index (Phi) is 7.63. The molecule has 26 heavy (non-hydrogen) atoms. The summed E-state index contributed by atoms with van der Waals surface area (Å²) >= 11 is 0. The molecule has 2 rings (SSSR count). The van der Waals surface area contributed by atoms with Gasteiger partial charge in [-0.05, 0) is 62.8 Å². The first-order chi connectivity index (χ1) is 12.4. The Bertz CT molecular complexity index is 618. The highest BCUT2D eigenvalue weighted by Gasteiger charge is 2.20. The maximum atomic E-state index is 11.8. The summed E-state index contributed by atoms with van der Waals surface area (Å²) < 4.78 is 10.4. The van der Waals surface area contributed by atoms with Gasteiger partial charge in [-0.3, -0.25) is 14.4 Å². The van der Waals surface area contributed by atoms with Crippen LogP contribution in [0.1, 0.15) is 56.3 Å². The van der Waals surface area contributed by atoms with Crippen LogP contribution in [0.15, 0.2) is 24.3 Å². The average Bonchev–Trinajstić information content (AvgIpc) is 2.62. The first kappa shape index (κ1) is 19.9. The second kappa shape index (κ2) is 9.94. The average molecular weight is 361 g/mol. The molecule has 6 heteroatoms. The molecular weight excluding hydrogens is 334 g/mol. The topological polar surface area (TPSA) is 81.7 Å². The monoisotopic (exact) mass is 361 g/mol. The summed E-state index contributed by atoms with van der Waals surface area (Å²) in [5.74, 6) is 0.560. The first-order valence-electron chi connectivity index (χ1n) is 9.13. The Balaban J connectivity index is 1.59. The van der Waals surface area contributed by atoms with E-state index in [2.05, 4.69) is 12.2 Å². The molecule has 1 saturated carbocycles. The van der Waals surface area contributed by atoms with E-state index in [0.717, 1.165) is 31.6 Å². The van der Waals surface area contributed by atoms with Crippen molar-refractivity contribution in [3.05, 3.63) is 29.8 Å². The number of ether oxygens (including phenoxy) is 2. The van der Waals surface area contributed by atoms with Gasteiger partial charge in [0.2, 0.25) is 0 Å². The summed E-state index contributed by atoms with van der Waals surface area (Å²) in [6.45, 7) is 3.62. The molecule has 1 fully saturated rings. The molecule has 0 unspecified atom stereocenters. The molecule has 142 valence electrons. The van der Waals surface area contributed by atoms with Crippen molar-refractivity contribution in [1.29, 1.82) is 0 Å². The molecule has 1 aromatic rings. The van der Waals surface area contributed by atoms with Gasteiger partial charge in [0.1, 0.15) is 5.75 Å². The van der Waals surface area contributed by atoms with Gasteiger partial charge in [0.25, 0.3) is 5.91 Å². The van der Waals surface area contributed by atoms with Crippen LogP contribution in [-0.4, -0.2) is 36.9 Å².